The Kier molecular flexibility index (Phi) is 5.28. The molecule has 0 atom stereocenters. The molecule has 0 bridgehead atoms. The van der Waals surface area contributed by atoms with Gasteiger partial charge in [-0.15, -0.1) is 12.4 Å². The fourth-order valence-electron chi connectivity index (χ4n) is 0.300. The summed E-state index contributed by atoms with van der Waals surface area (Å²) in [6.45, 7) is 2.16. The van der Waals surface area contributed by atoms with Crippen molar-refractivity contribution in [3.8, 4) is 0 Å². The highest BCUT2D eigenvalue weighted by atomic mass is 35.5. The van der Waals surface area contributed by atoms with Crippen molar-refractivity contribution in [2.24, 2.45) is 5.73 Å². The van der Waals surface area contributed by atoms with Crippen LogP contribution in [0.4, 0.5) is 9.18 Å². The van der Waals surface area contributed by atoms with Crippen LogP contribution in [-0.4, -0.2) is 18.4 Å². The Morgan fingerprint density at radius 3 is 2.20 bits per heavy atom. The molecule has 0 spiro atoms. The van der Waals surface area contributed by atoms with E-state index in [0.29, 0.717) is 0 Å². The summed E-state index contributed by atoms with van der Waals surface area (Å²) in [6, 6.07) is 0. The number of alkyl halides is 1. The number of carbonyl (C=O) groups excluding carboxylic acids is 1. The van der Waals surface area contributed by atoms with Gasteiger partial charge in [0.1, 0.15) is 12.3 Å². The molecule has 0 aliphatic rings. The standard InChI is InChI=1S/C5H10FNO2.ClH/c1-5(2,3-6)9-4(7)8;/h3H2,1-2H3,(H2,7,8);1H. The maximum absolute atomic E-state index is 11.8. The topological polar surface area (TPSA) is 52.3 Å². The monoisotopic (exact) mass is 171 g/mol. The van der Waals surface area contributed by atoms with Gasteiger partial charge in [0, 0.05) is 0 Å². The molecule has 0 radical (unpaired) electrons. The normalized spacial score (nSPS) is 9.90. The van der Waals surface area contributed by atoms with Crippen LogP contribution in [0, 0.1) is 0 Å². The van der Waals surface area contributed by atoms with Crippen molar-refractivity contribution in [1.82, 2.24) is 0 Å². The number of hydrogen-bond donors (Lipinski definition) is 1. The maximum atomic E-state index is 11.8. The van der Waals surface area contributed by atoms with Crippen LogP contribution in [0.15, 0.2) is 0 Å². The predicted molar refractivity (Wildman–Crippen MR) is 38.0 cm³/mol. The van der Waals surface area contributed by atoms with E-state index in [0.717, 1.165) is 0 Å². The summed E-state index contributed by atoms with van der Waals surface area (Å²) in [4.78, 5) is 10.0. The van der Waals surface area contributed by atoms with E-state index >= 15 is 0 Å². The van der Waals surface area contributed by atoms with Crippen LogP contribution >= 0.6 is 12.4 Å². The summed E-state index contributed by atoms with van der Waals surface area (Å²) in [5.74, 6) is 0. The number of halogens is 2. The third-order valence-electron chi connectivity index (χ3n) is 0.699. The van der Waals surface area contributed by atoms with Crippen LogP contribution in [0.5, 0.6) is 0 Å². The largest absolute Gasteiger partial charge is 0.441 e. The zero-order valence-corrected chi connectivity index (χ0v) is 6.70. The fourth-order valence-corrected chi connectivity index (χ4v) is 0.300. The SMILES string of the molecule is CC(C)(CF)OC(N)=O.Cl. The second-order valence-corrected chi connectivity index (χ2v) is 2.31. The van der Waals surface area contributed by atoms with Crippen molar-refractivity contribution in [2.45, 2.75) is 19.4 Å². The first-order chi connectivity index (χ1) is 3.98. The first-order valence-corrected chi connectivity index (χ1v) is 2.52. The fraction of sp³-hybridized carbons (Fsp3) is 0.800. The van der Waals surface area contributed by atoms with Gasteiger partial charge in [-0.3, -0.25) is 0 Å². The number of hydrogen-bond acceptors (Lipinski definition) is 2. The van der Waals surface area contributed by atoms with E-state index in [9.17, 15) is 9.18 Å². The minimum Gasteiger partial charge on any atom is -0.441 e. The lowest BCUT2D eigenvalue weighted by Crippen LogP contribution is -2.32. The highest BCUT2D eigenvalue weighted by molar-refractivity contribution is 5.85. The van der Waals surface area contributed by atoms with E-state index in [4.69, 9.17) is 0 Å². The van der Waals surface area contributed by atoms with Crippen LogP contribution in [0.1, 0.15) is 13.8 Å². The lowest BCUT2D eigenvalue weighted by Gasteiger charge is -2.18. The molecule has 0 aliphatic carbocycles. The Bertz CT molecular complexity index is 118. The Balaban J connectivity index is 0. The van der Waals surface area contributed by atoms with Gasteiger partial charge in [0.05, 0.1) is 0 Å². The van der Waals surface area contributed by atoms with Crippen molar-refractivity contribution in [3.05, 3.63) is 0 Å². The molecule has 0 heterocycles. The van der Waals surface area contributed by atoms with Gasteiger partial charge < -0.3 is 10.5 Å². The summed E-state index contributed by atoms with van der Waals surface area (Å²) >= 11 is 0. The summed E-state index contributed by atoms with van der Waals surface area (Å²) in [5, 5.41) is 0. The van der Waals surface area contributed by atoms with E-state index in [2.05, 4.69) is 10.5 Å². The van der Waals surface area contributed by atoms with Gasteiger partial charge in [-0.1, -0.05) is 0 Å². The second kappa shape index (κ2) is 4.33. The van der Waals surface area contributed by atoms with E-state index in [1.807, 2.05) is 0 Å². The molecule has 0 saturated carbocycles. The Morgan fingerprint density at radius 1 is 1.70 bits per heavy atom. The molecule has 62 valence electrons. The van der Waals surface area contributed by atoms with Crippen molar-refractivity contribution in [3.63, 3.8) is 0 Å². The average Bonchev–Trinajstić information content (AvgIpc) is 1.63. The third-order valence-corrected chi connectivity index (χ3v) is 0.699. The first-order valence-electron chi connectivity index (χ1n) is 2.52. The van der Waals surface area contributed by atoms with E-state index in [1.165, 1.54) is 13.8 Å². The molecule has 10 heavy (non-hydrogen) atoms. The molecule has 0 aromatic heterocycles. The molecule has 5 heteroatoms. The summed E-state index contributed by atoms with van der Waals surface area (Å²) in [5.41, 5.74) is 3.55. The molecule has 1 amide bonds. The number of carbonyl (C=O) groups is 1. The lowest BCUT2D eigenvalue weighted by molar-refractivity contribution is 0.0264. The first kappa shape index (κ1) is 12.2. The summed E-state index contributed by atoms with van der Waals surface area (Å²) < 4.78 is 16.1. The molecule has 3 nitrogen and oxygen atoms in total. The van der Waals surface area contributed by atoms with Gasteiger partial charge in [0.15, 0.2) is 0 Å². The van der Waals surface area contributed by atoms with Crippen LogP contribution in [0.2, 0.25) is 0 Å². The lowest BCUT2D eigenvalue weighted by atomic mass is 10.2. The number of primary amides is 1. The Morgan fingerprint density at radius 2 is 2.10 bits per heavy atom. The highest BCUT2D eigenvalue weighted by Gasteiger charge is 2.20. The van der Waals surface area contributed by atoms with Crippen LogP contribution in [0.25, 0.3) is 0 Å². The van der Waals surface area contributed by atoms with Crippen molar-refractivity contribution < 1.29 is 13.9 Å². The number of nitrogens with two attached hydrogens (primary N) is 1. The molecule has 0 saturated heterocycles. The second-order valence-electron chi connectivity index (χ2n) is 2.31. The van der Waals surface area contributed by atoms with Gasteiger partial charge in [0.25, 0.3) is 0 Å². The molecule has 0 fully saturated rings. The highest BCUT2D eigenvalue weighted by Crippen LogP contribution is 2.08. The van der Waals surface area contributed by atoms with Crippen molar-refractivity contribution >= 4 is 18.5 Å². The van der Waals surface area contributed by atoms with E-state index < -0.39 is 18.4 Å². The molecule has 0 unspecified atom stereocenters. The predicted octanol–water partition coefficient (Wildman–Crippen LogP) is 1.25. The smallest absolute Gasteiger partial charge is 0.405 e. The summed E-state index contributed by atoms with van der Waals surface area (Å²) in [7, 11) is 0. The van der Waals surface area contributed by atoms with Crippen LogP contribution < -0.4 is 5.73 Å². The zero-order chi connectivity index (χ0) is 7.49. The minimum atomic E-state index is -1.08. The van der Waals surface area contributed by atoms with Gasteiger partial charge in [-0.05, 0) is 13.8 Å². The van der Waals surface area contributed by atoms with E-state index in [-0.39, 0.29) is 12.4 Å². The van der Waals surface area contributed by atoms with Gasteiger partial charge >= 0.3 is 6.09 Å². The molecule has 0 aromatic carbocycles. The Labute approximate surface area is 65.1 Å². The van der Waals surface area contributed by atoms with Gasteiger partial charge in [-0.2, -0.15) is 0 Å². The Hall–Kier alpha value is -0.510. The number of ether oxygens (including phenoxy) is 1. The molecular formula is C5H11ClFNO2. The number of amides is 1. The molecule has 0 aromatic rings. The van der Waals surface area contributed by atoms with Gasteiger partial charge in [0.2, 0.25) is 0 Å². The van der Waals surface area contributed by atoms with Crippen molar-refractivity contribution in [2.75, 3.05) is 6.67 Å². The molecule has 2 N–H and O–H groups in total. The van der Waals surface area contributed by atoms with E-state index in [1.54, 1.807) is 0 Å². The minimum absolute atomic E-state index is 0. The molecule has 0 aliphatic heterocycles. The summed E-state index contributed by atoms with van der Waals surface area (Å²) in [6.07, 6.45) is -0.947. The van der Waals surface area contributed by atoms with Crippen LogP contribution in [0.3, 0.4) is 0 Å². The number of rotatable bonds is 2. The molecular weight excluding hydrogens is 161 g/mol. The zero-order valence-electron chi connectivity index (χ0n) is 5.89. The maximum Gasteiger partial charge on any atom is 0.405 e. The quantitative estimate of drug-likeness (QED) is 0.680. The third kappa shape index (κ3) is 5.62. The average molecular weight is 172 g/mol. The molecule has 0 rings (SSSR count). The van der Waals surface area contributed by atoms with Gasteiger partial charge in [-0.25, -0.2) is 9.18 Å². The van der Waals surface area contributed by atoms with Crippen molar-refractivity contribution in [1.29, 1.82) is 0 Å². The van der Waals surface area contributed by atoms with Crippen LogP contribution in [-0.2, 0) is 4.74 Å².